The Bertz CT molecular complexity index is 779. The van der Waals surface area contributed by atoms with Crippen molar-refractivity contribution in [2.75, 3.05) is 13.1 Å². The van der Waals surface area contributed by atoms with E-state index in [1.54, 1.807) is 12.1 Å². The number of hydrogen-bond acceptors (Lipinski definition) is 4. The van der Waals surface area contributed by atoms with E-state index >= 15 is 0 Å². The van der Waals surface area contributed by atoms with Crippen molar-refractivity contribution in [3.63, 3.8) is 0 Å². The van der Waals surface area contributed by atoms with Gasteiger partial charge in [-0.15, -0.1) is 24.0 Å². The van der Waals surface area contributed by atoms with Gasteiger partial charge in [0.25, 0.3) is 0 Å². The Hall–Kier alpha value is -1.91. The van der Waals surface area contributed by atoms with Crippen LogP contribution in [0.3, 0.4) is 0 Å². The zero-order valence-electron chi connectivity index (χ0n) is 16.5. The second kappa shape index (κ2) is 10.6. The van der Waals surface area contributed by atoms with Gasteiger partial charge in [-0.05, 0) is 57.9 Å². The molecule has 2 aromatic rings. The lowest BCUT2D eigenvalue weighted by Gasteiger charge is -2.25. The van der Waals surface area contributed by atoms with Crippen molar-refractivity contribution in [1.82, 2.24) is 25.4 Å². The molecule has 0 bridgehead atoms. The highest BCUT2D eigenvalue weighted by atomic mass is 127. The molecule has 0 spiro atoms. The maximum absolute atomic E-state index is 13.0. The fourth-order valence-corrected chi connectivity index (χ4v) is 3.09. The molecule has 0 amide bonds. The molecule has 28 heavy (non-hydrogen) atoms. The predicted molar refractivity (Wildman–Crippen MR) is 118 cm³/mol. The maximum atomic E-state index is 13.0. The highest BCUT2D eigenvalue weighted by Crippen LogP contribution is 2.22. The number of halogens is 2. The predicted octanol–water partition coefficient (Wildman–Crippen LogP) is 3.20. The summed E-state index contributed by atoms with van der Waals surface area (Å²) in [6.07, 6.45) is 1.91. The van der Waals surface area contributed by atoms with Crippen molar-refractivity contribution in [3.05, 3.63) is 41.7 Å². The van der Waals surface area contributed by atoms with Crippen molar-refractivity contribution < 1.29 is 9.13 Å². The van der Waals surface area contributed by atoms with Crippen molar-refractivity contribution in [2.24, 2.45) is 4.99 Å². The highest BCUT2D eigenvalue weighted by Gasteiger charge is 2.24. The summed E-state index contributed by atoms with van der Waals surface area (Å²) >= 11 is 0. The first-order valence-electron chi connectivity index (χ1n) is 9.43. The minimum absolute atomic E-state index is 0. The van der Waals surface area contributed by atoms with Crippen molar-refractivity contribution >= 4 is 29.9 Å². The third-order valence-corrected chi connectivity index (χ3v) is 4.29. The van der Waals surface area contributed by atoms with Crippen molar-refractivity contribution in [1.29, 1.82) is 0 Å². The molecule has 1 aromatic carbocycles. The molecule has 0 saturated carbocycles. The van der Waals surface area contributed by atoms with E-state index in [4.69, 9.17) is 4.74 Å². The summed E-state index contributed by atoms with van der Waals surface area (Å²) in [6, 6.07) is 6.11. The van der Waals surface area contributed by atoms with E-state index in [0.717, 1.165) is 43.5 Å². The van der Waals surface area contributed by atoms with E-state index in [1.165, 1.54) is 12.1 Å². The monoisotopic (exact) mass is 502 g/mol. The molecule has 2 unspecified atom stereocenters. The van der Waals surface area contributed by atoms with Gasteiger partial charge < -0.3 is 15.4 Å². The first-order chi connectivity index (χ1) is 13.0. The fourth-order valence-electron chi connectivity index (χ4n) is 3.09. The Labute approximate surface area is 182 Å². The zero-order valence-corrected chi connectivity index (χ0v) is 18.8. The van der Waals surface area contributed by atoms with Crippen LogP contribution < -0.4 is 15.4 Å². The number of nitrogens with zero attached hydrogens (tertiary/aromatic N) is 4. The molecule has 1 aromatic heterocycles. The summed E-state index contributed by atoms with van der Waals surface area (Å²) in [7, 11) is 0. The average Bonchev–Trinajstić information content (AvgIpc) is 3.03. The summed E-state index contributed by atoms with van der Waals surface area (Å²) in [5, 5.41) is 11.2. The van der Waals surface area contributed by atoms with Crippen LogP contribution in [0.2, 0.25) is 0 Å². The van der Waals surface area contributed by atoms with Gasteiger partial charge in [0.15, 0.2) is 5.96 Å². The van der Waals surface area contributed by atoms with Gasteiger partial charge in [-0.2, -0.15) is 5.10 Å². The molecule has 2 atom stereocenters. The summed E-state index contributed by atoms with van der Waals surface area (Å²) in [6.45, 7) is 8.03. The molecule has 7 nitrogen and oxygen atoms in total. The van der Waals surface area contributed by atoms with Crippen LogP contribution >= 0.6 is 24.0 Å². The zero-order chi connectivity index (χ0) is 19.2. The smallest absolute Gasteiger partial charge is 0.191 e. The average molecular weight is 502 g/mol. The van der Waals surface area contributed by atoms with Gasteiger partial charge in [0.1, 0.15) is 29.3 Å². The molecule has 154 valence electrons. The SMILES string of the molecule is CCNC(=NCC(C)Oc1ccc(F)cc1)NC1CCCn2nc(C)nc21.I. The van der Waals surface area contributed by atoms with Gasteiger partial charge in [-0.1, -0.05) is 0 Å². The molecule has 1 aliphatic rings. The quantitative estimate of drug-likeness (QED) is 0.361. The van der Waals surface area contributed by atoms with Crippen LogP contribution in [0.25, 0.3) is 0 Å². The normalized spacial score (nSPS) is 17.3. The number of benzene rings is 1. The van der Waals surface area contributed by atoms with Crippen molar-refractivity contribution in [3.8, 4) is 5.75 Å². The molecular weight excluding hydrogens is 474 g/mol. The van der Waals surface area contributed by atoms with E-state index in [2.05, 4.69) is 25.7 Å². The minimum Gasteiger partial charge on any atom is -0.489 e. The lowest BCUT2D eigenvalue weighted by atomic mass is 10.1. The number of rotatable bonds is 6. The molecule has 9 heteroatoms. The van der Waals surface area contributed by atoms with Crippen LogP contribution in [-0.4, -0.2) is 39.9 Å². The number of ether oxygens (including phenoxy) is 1. The van der Waals surface area contributed by atoms with E-state index in [1.807, 2.05) is 25.5 Å². The number of aromatic nitrogens is 3. The van der Waals surface area contributed by atoms with E-state index in [0.29, 0.717) is 12.3 Å². The number of hydrogen-bond donors (Lipinski definition) is 2. The Kier molecular flexibility index (Phi) is 8.46. The molecule has 0 radical (unpaired) electrons. The van der Waals surface area contributed by atoms with Crippen LogP contribution in [0.15, 0.2) is 29.3 Å². The molecule has 0 fully saturated rings. The number of aliphatic imine (C=N–C) groups is 1. The fraction of sp³-hybridized carbons (Fsp3) is 0.526. The van der Waals surface area contributed by atoms with Crippen LogP contribution in [-0.2, 0) is 6.54 Å². The van der Waals surface area contributed by atoms with Gasteiger partial charge in [-0.3, -0.25) is 0 Å². The van der Waals surface area contributed by atoms with Crippen LogP contribution in [0.1, 0.15) is 44.4 Å². The number of fused-ring (bicyclic) bond motifs is 1. The third kappa shape index (κ3) is 6.05. The summed E-state index contributed by atoms with van der Waals surface area (Å²) in [5.74, 6) is 2.84. The van der Waals surface area contributed by atoms with Crippen LogP contribution in [0.4, 0.5) is 4.39 Å². The molecule has 2 heterocycles. The summed E-state index contributed by atoms with van der Waals surface area (Å²) < 4.78 is 20.8. The molecule has 3 rings (SSSR count). The first-order valence-corrected chi connectivity index (χ1v) is 9.43. The Morgan fingerprint density at radius 2 is 2.14 bits per heavy atom. The van der Waals surface area contributed by atoms with Crippen molar-refractivity contribution in [2.45, 2.75) is 52.3 Å². The highest BCUT2D eigenvalue weighted by molar-refractivity contribution is 14.0. The largest absolute Gasteiger partial charge is 0.489 e. The van der Waals surface area contributed by atoms with E-state index in [-0.39, 0.29) is 41.9 Å². The molecule has 2 N–H and O–H groups in total. The van der Waals surface area contributed by atoms with Gasteiger partial charge in [-0.25, -0.2) is 19.0 Å². The second-order valence-corrected chi connectivity index (χ2v) is 6.68. The lowest BCUT2D eigenvalue weighted by Crippen LogP contribution is -2.42. The van der Waals surface area contributed by atoms with Gasteiger partial charge >= 0.3 is 0 Å². The van der Waals surface area contributed by atoms with E-state index < -0.39 is 0 Å². The third-order valence-electron chi connectivity index (χ3n) is 4.29. The molecular formula is C19H28FIN6O. The van der Waals surface area contributed by atoms with E-state index in [9.17, 15) is 4.39 Å². The Morgan fingerprint density at radius 3 is 2.86 bits per heavy atom. The van der Waals surface area contributed by atoms with Gasteiger partial charge in [0.2, 0.25) is 0 Å². The minimum atomic E-state index is -0.276. The Balaban J connectivity index is 0.00000280. The number of aryl methyl sites for hydroxylation is 2. The molecule has 0 saturated heterocycles. The molecule has 1 aliphatic heterocycles. The van der Waals surface area contributed by atoms with Crippen LogP contribution in [0.5, 0.6) is 5.75 Å². The summed E-state index contributed by atoms with van der Waals surface area (Å²) in [5.41, 5.74) is 0. The van der Waals surface area contributed by atoms with Gasteiger partial charge in [0, 0.05) is 13.1 Å². The lowest BCUT2D eigenvalue weighted by molar-refractivity contribution is 0.230. The summed E-state index contributed by atoms with van der Waals surface area (Å²) in [4.78, 5) is 9.19. The topological polar surface area (TPSA) is 76.4 Å². The first kappa shape index (κ1) is 22.4. The molecule has 0 aliphatic carbocycles. The number of guanidine groups is 1. The maximum Gasteiger partial charge on any atom is 0.191 e. The second-order valence-electron chi connectivity index (χ2n) is 6.68. The van der Waals surface area contributed by atoms with Crippen LogP contribution in [0, 0.1) is 12.7 Å². The number of nitrogens with one attached hydrogen (secondary N) is 2. The Morgan fingerprint density at radius 1 is 1.39 bits per heavy atom. The standard InChI is InChI=1S/C19H27FN6O.HI/c1-4-21-19(22-12-13(2)27-16-9-7-15(20)8-10-16)24-17-6-5-11-26-18(17)23-14(3)25-26;/h7-10,13,17H,4-6,11-12H2,1-3H3,(H2,21,22,24);1H. The van der Waals surface area contributed by atoms with Gasteiger partial charge in [0.05, 0.1) is 12.6 Å².